The predicted molar refractivity (Wildman–Crippen MR) is 61.9 cm³/mol. The fourth-order valence-corrected chi connectivity index (χ4v) is 1.57. The Labute approximate surface area is 85.2 Å². The lowest BCUT2D eigenvalue weighted by Crippen LogP contribution is -2.18. The number of hydrogen-bond donors (Lipinski definition) is 0. The van der Waals surface area contributed by atoms with E-state index in [4.69, 9.17) is 7.85 Å². The molecule has 0 bridgehead atoms. The molecule has 2 unspecified atom stereocenters. The van der Waals surface area contributed by atoms with Crippen molar-refractivity contribution in [3.63, 3.8) is 0 Å². The van der Waals surface area contributed by atoms with Crippen molar-refractivity contribution in [2.75, 3.05) is 0 Å². The van der Waals surface area contributed by atoms with E-state index in [1.165, 1.54) is 12.8 Å². The fourth-order valence-electron chi connectivity index (χ4n) is 1.57. The van der Waals surface area contributed by atoms with Gasteiger partial charge < -0.3 is 0 Å². The van der Waals surface area contributed by atoms with Crippen LogP contribution in [0, 0.1) is 17.3 Å². The van der Waals surface area contributed by atoms with Crippen LogP contribution in [0.15, 0.2) is 12.1 Å². The van der Waals surface area contributed by atoms with Gasteiger partial charge in [0.15, 0.2) is 0 Å². The average Bonchev–Trinajstić information content (AvgIpc) is 2.04. The standard InChI is InChI=1S/C12H23B/c1-6-12(4,5)9-11(3)10(2)7-8-13/h7-8,10-11H,6,9H2,1-5H3. The van der Waals surface area contributed by atoms with E-state index in [1.807, 2.05) is 0 Å². The minimum Gasteiger partial charge on any atom is -0.135 e. The smallest absolute Gasteiger partial charge is 0.102 e. The lowest BCUT2D eigenvalue weighted by Gasteiger charge is -2.28. The summed E-state index contributed by atoms with van der Waals surface area (Å²) in [7, 11) is 5.38. The van der Waals surface area contributed by atoms with Gasteiger partial charge in [-0.15, -0.1) is 5.98 Å². The third kappa shape index (κ3) is 5.18. The van der Waals surface area contributed by atoms with E-state index in [1.54, 1.807) is 5.98 Å². The third-order valence-electron chi connectivity index (χ3n) is 3.14. The van der Waals surface area contributed by atoms with Gasteiger partial charge >= 0.3 is 0 Å². The summed E-state index contributed by atoms with van der Waals surface area (Å²) in [6.07, 6.45) is 4.61. The van der Waals surface area contributed by atoms with Gasteiger partial charge in [0.2, 0.25) is 0 Å². The molecule has 2 radical (unpaired) electrons. The molecule has 0 amide bonds. The monoisotopic (exact) mass is 178 g/mol. The van der Waals surface area contributed by atoms with Gasteiger partial charge in [-0.2, -0.15) is 0 Å². The fraction of sp³-hybridized carbons (Fsp3) is 0.833. The summed E-state index contributed by atoms with van der Waals surface area (Å²) in [5.74, 6) is 2.98. The van der Waals surface area contributed by atoms with Gasteiger partial charge in [-0.1, -0.05) is 47.1 Å². The zero-order valence-corrected chi connectivity index (χ0v) is 9.80. The highest BCUT2D eigenvalue weighted by Crippen LogP contribution is 2.32. The molecule has 0 N–H and O–H groups in total. The molecule has 74 valence electrons. The Morgan fingerprint density at radius 1 is 1.31 bits per heavy atom. The van der Waals surface area contributed by atoms with Gasteiger partial charge in [0.05, 0.1) is 0 Å². The van der Waals surface area contributed by atoms with Crippen molar-refractivity contribution in [1.29, 1.82) is 0 Å². The topological polar surface area (TPSA) is 0 Å². The summed E-state index contributed by atoms with van der Waals surface area (Å²) in [5.41, 5.74) is 0.468. The maximum Gasteiger partial charge on any atom is 0.102 e. The van der Waals surface area contributed by atoms with Crippen molar-refractivity contribution in [2.24, 2.45) is 17.3 Å². The van der Waals surface area contributed by atoms with Crippen LogP contribution in [0.1, 0.15) is 47.5 Å². The molecule has 0 aliphatic heterocycles. The average molecular weight is 178 g/mol. The minimum atomic E-state index is 0.468. The highest BCUT2D eigenvalue weighted by atomic mass is 14.3. The van der Waals surface area contributed by atoms with E-state index in [9.17, 15) is 0 Å². The SMILES string of the molecule is [B]C=CC(C)C(C)CC(C)(C)CC. The Kier molecular flexibility index (Phi) is 5.43. The maximum absolute atomic E-state index is 5.38. The molecule has 2 atom stereocenters. The molecule has 0 aromatic rings. The van der Waals surface area contributed by atoms with Crippen LogP contribution in [0.4, 0.5) is 0 Å². The molecule has 0 saturated carbocycles. The normalized spacial score (nSPS) is 17.6. The van der Waals surface area contributed by atoms with E-state index in [0.717, 1.165) is 5.92 Å². The first-order valence-electron chi connectivity index (χ1n) is 5.31. The summed E-state index contributed by atoms with van der Waals surface area (Å²) in [4.78, 5) is 0. The molecular weight excluding hydrogens is 155 g/mol. The summed E-state index contributed by atoms with van der Waals surface area (Å²) in [6.45, 7) is 11.5. The lowest BCUT2D eigenvalue weighted by molar-refractivity contribution is 0.241. The molecule has 0 saturated heterocycles. The van der Waals surface area contributed by atoms with Crippen molar-refractivity contribution in [1.82, 2.24) is 0 Å². The molecule has 0 aliphatic carbocycles. The minimum absolute atomic E-state index is 0.468. The molecule has 0 rings (SSSR count). The van der Waals surface area contributed by atoms with E-state index in [0.29, 0.717) is 11.3 Å². The van der Waals surface area contributed by atoms with Gasteiger partial charge in [0, 0.05) is 0 Å². The second-order valence-electron chi connectivity index (χ2n) is 4.94. The van der Waals surface area contributed by atoms with Gasteiger partial charge in [0.25, 0.3) is 0 Å². The van der Waals surface area contributed by atoms with Crippen LogP contribution < -0.4 is 0 Å². The second-order valence-corrected chi connectivity index (χ2v) is 4.94. The number of allylic oxidation sites excluding steroid dienone is 1. The molecule has 0 aromatic heterocycles. The summed E-state index contributed by atoms with van der Waals surface area (Å²) in [6, 6.07) is 0. The van der Waals surface area contributed by atoms with Crippen molar-refractivity contribution in [3.8, 4) is 0 Å². The summed E-state index contributed by atoms with van der Waals surface area (Å²) >= 11 is 0. The predicted octanol–water partition coefficient (Wildman–Crippen LogP) is 3.77. The lowest BCUT2D eigenvalue weighted by atomic mass is 9.77. The van der Waals surface area contributed by atoms with Crippen LogP contribution in [0.2, 0.25) is 0 Å². The van der Waals surface area contributed by atoms with E-state index < -0.39 is 0 Å². The molecule has 0 heterocycles. The molecule has 0 aliphatic rings. The molecule has 0 fully saturated rings. The Morgan fingerprint density at radius 3 is 2.23 bits per heavy atom. The summed E-state index contributed by atoms with van der Waals surface area (Å²) < 4.78 is 0. The first-order valence-corrected chi connectivity index (χ1v) is 5.31. The number of rotatable bonds is 5. The molecular formula is C12H23B. The van der Waals surface area contributed by atoms with Gasteiger partial charge in [-0.05, 0) is 23.7 Å². The Morgan fingerprint density at radius 2 is 1.85 bits per heavy atom. The van der Waals surface area contributed by atoms with Crippen molar-refractivity contribution >= 4 is 7.85 Å². The van der Waals surface area contributed by atoms with Crippen molar-refractivity contribution < 1.29 is 0 Å². The molecule has 13 heavy (non-hydrogen) atoms. The zero-order valence-electron chi connectivity index (χ0n) is 9.80. The van der Waals surface area contributed by atoms with E-state index in [2.05, 4.69) is 40.7 Å². The Bertz CT molecular complexity index is 159. The molecule has 0 spiro atoms. The highest BCUT2D eigenvalue weighted by molar-refractivity contribution is 6.16. The summed E-state index contributed by atoms with van der Waals surface area (Å²) in [5, 5.41) is 0. The quantitative estimate of drug-likeness (QED) is 0.562. The van der Waals surface area contributed by atoms with Gasteiger partial charge in [-0.3, -0.25) is 0 Å². The van der Waals surface area contributed by atoms with E-state index >= 15 is 0 Å². The Balaban J connectivity index is 4.06. The first-order chi connectivity index (χ1) is 5.93. The third-order valence-corrected chi connectivity index (χ3v) is 3.14. The van der Waals surface area contributed by atoms with Gasteiger partial charge in [-0.25, -0.2) is 0 Å². The second kappa shape index (κ2) is 5.52. The molecule has 1 heteroatoms. The first kappa shape index (κ1) is 12.8. The van der Waals surface area contributed by atoms with E-state index in [-0.39, 0.29) is 0 Å². The highest BCUT2D eigenvalue weighted by Gasteiger charge is 2.20. The van der Waals surface area contributed by atoms with Crippen molar-refractivity contribution in [2.45, 2.75) is 47.5 Å². The van der Waals surface area contributed by atoms with Crippen LogP contribution in [0.25, 0.3) is 0 Å². The van der Waals surface area contributed by atoms with Crippen LogP contribution in [0.3, 0.4) is 0 Å². The van der Waals surface area contributed by atoms with Crippen LogP contribution in [0.5, 0.6) is 0 Å². The molecule has 0 nitrogen and oxygen atoms in total. The van der Waals surface area contributed by atoms with Crippen LogP contribution in [-0.2, 0) is 0 Å². The van der Waals surface area contributed by atoms with Gasteiger partial charge in [0.1, 0.15) is 7.85 Å². The maximum atomic E-state index is 5.38. The number of hydrogen-bond acceptors (Lipinski definition) is 0. The largest absolute Gasteiger partial charge is 0.135 e. The van der Waals surface area contributed by atoms with Crippen LogP contribution >= 0.6 is 0 Å². The Hall–Kier alpha value is -0.195. The zero-order chi connectivity index (χ0) is 10.5. The molecule has 0 aromatic carbocycles. The van der Waals surface area contributed by atoms with Crippen LogP contribution in [-0.4, -0.2) is 7.85 Å². The van der Waals surface area contributed by atoms with Crippen molar-refractivity contribution in [3.05, 3.63) is 12.1 Å².